The first-order valence-corrected chi connectivity index (χ1v) is 6.10. The van der Waals surface area contributed by atoms with Gasteiger partial charge in [-0.1, -0.05) is 23.7 Å². The third-order valence-corrected chi connectivity index (χ3v) is 2.75. The van der Waals surface area contributed by atoms with Crippen molar-refractivity contribution in [1.82, 2.24) is 4.98 Å². The average Bonchev–Trinajstić information content (AvgIpc) is 2.45. The van der Waals surface area contributed by atoms with E-state index in [0.29, 0.717) is 16.6 Å². The summed E-state index contributed by atoms with van der Waals surface area (Å²) in [5, 5.41) is 0.295. The van der Waals surface area contributed by atoms with Crippen LogP contribution in [0.2, 0.25) is 5.15 Å². The first kappa shape index (κ1) is 14.3. The lowest BCUT2D eigenvalue weighted by Gasteiger charge is -2.07. The fourth-order valence-corrected chi connectivity index (χ4v) is 1.69. The Hall–Kier alpha value is -2.14. The molecule has 0 unspecified atom stereocenters. The van der Waals surface area contributed by atoms with Crippen LogP contribution in [0.1, 0.15) is 15.9 Å². The second kappa shape index (κ2) is 6.34. The number of aromatic nitrogens is 1. The standard InChI is InChI=1S/C14H11ClFNO3/c1-19-14(18)9-5-6-10(11(16)7-9)8-20-13-4-2-3-12(15)17-13/h2-7H,8H2,1H3. The van der Waals surface area contributed by atoms with Crippen LogP contribution in [0.3, 0.4) is 0 Å². The van der Waals surface area contributed by atoms with Crippen molar-refractivity contribution < 1.29 is 18.7 Å². The molecule has 104 valence electrons. The molecule has 0 atom stereocenters. The number of benzene rings is 1. The van der Waals surface area contributed by atoms with Gasteiger partial charge in [0.1, 0.15) is 17.6 Å². The minimum Gasteiger partial charge on any atom is -0.473 e. The molecule has 6 heteroatoms. The molecule has 1 heterocycles. The lowest BCUT2D eigenvalue weighted by molar-refractivity contribution is 0.0600. The van der Waals surface area contributed by atoms with Gasteiger partial charge in [0, 0.05) is 11.6 Å². The Bertz CT molecular complexity index is 634. The van der Waals surface area contributed by atoms with Crippen molar-refractivity contribution in [3.05, 3.63) is 58.5 Å². The molecule has 0 amide bonds. The SMILES string of the molecule is COC(=O)c1ccc(COc2cccc(Cl)n2)c(F)c1. The Labute approximate surface area is 120 Å². The molecule has 0 N–H and O–H groups in total. The van der Waals surface area contributed by atoms with Gasteiger partial charge in [0.2, 0.25) is 5.88 Å². The van der Waals surface area contributed by atoms with E-state index in [1.807, 2.05) is 0 Å². The second-order valence-corrected chi connectivity index (χ2v) is 4.27. The largest absolute Gasteiger partial charge is 0.473 e. The molecule has 1 aromatic heterocycles. The number of halogens is 2. The Balaban J connectivity index is 2.08. The lowest BCUT2D eigenvalue weighted by atomic mass is 10.1. The molecule has 0 aliphatic heterocycles. The van der Waals surface area contributed by atoms with Crippen molar-refractivity contribution in [2.24, 2.45) is 0 Å². The molecule has 0 aliphatic carbocycles. The number of nitrogens with zero attached hydrogens (tertiary/aromatic N) is 1. The van der Waals surface area contributed by atoms with E-state index in [1.165, 1.54) is 19.2 Å². The van der Waals surface area contributed by atoms with E-state index in [9.17, 15) is 9.18 Å². The van der Waals surface area contributed by atoms with Crippen LogP contribution in [0.15, 0.2) is 36.4 Å². The van der Waals surface area contributed by atoms with E-state index in [2.05, 4.69) is 9.72 Å². The van der Waals surface area contributed by atoms with Crippen LogP contribution in [0.5, 0.6) is 5.88 Å². The number of hydrogen-bond acceptors (Lipinski definition) is 4. The zero-order valence-electron chi connectivity index (χ0n) is 10.6. The Kier molecular flexibility index (Phi) is 4.53. The first-order chi connectivity index (χ1) is 9.60. The molecule has 20 heavy (non-hydrogen) atoms. The molecule has 0 saturated carbocycles. The molecule has 0 radical (unpaired) electrons. The quantitative estimate of drug-likeness (QED) is 0.642. The number of pyridine rings is 1. The minimum atomic E-state index is -0.590. The number of carbonyl (C=O) groups is 1. The predicted octanol–water partition coefficient (Wildman–Crippen LogP) is 3.24. The highest BCUT2D eigenvalue weighted by atomic mass is 35.5. The van der Waals surface area contributed by atoms with Crippen LogP contribution in [0.4, 0.5) is 4.39 Å². The van der Waals surface area contributed by atoms with Crippen molar-refractivity contribution in [2.45, 2.75) is 6.61 Å². The minimum absolute atomic E-state index is 0.0133. The van der Waals surface area contributed by atoms with Gasteiger partial charge in [-0.05, 0) is 18.2 Å². The van der Waals surface area contributed by atoms with Gasteiger partial charge in [0.05, 0.1) is 12.7 Å². The van der Waals surface area contributed by atoms with Crippen molar-refractivity contribution in [2.75, 3.05) is 7.11 Å². The molecule has 0 bridgehead atoms. The number of rotatable bonds is 4. The molecule has 4 nitrogen and oxygen atoms in total. The van der Waals surface area contributed by atoms with E-state index in [1.54, 1.807) is 18.2 Å². The molecule has 0 fully saturated rings. The van der Waals surface area contributed by atoms with E-state index in [4.69, 9.17) is 16.3 Å². The van der Waals surface area contributed by atoms with Crippen LogP contribution in [0.25, 0.3) is 0 Å². The summed E-state index contributed by atoms with van der Waals surface area (Å²) >= 11 is 5.71. The third-order valence-electron chi connectivity index (χ3n) is 2.54. The zero-order chi connectivity index (χ0) is 14.5. The fraction of sp³-hybridized carbons (Fsp3) is 0.143. The monoisotopic (exact) mass is 295 g/mol. The van der Waals surface area contributed by atoms with Gasteiger partial charge in [-0.25, -0.2) is 14.2 Å². The van der Waals surface area contributed by atoms with Crippen LogP contribution in [-0.2, 0) is 11.3 Å². The predicted molar refractivity (Wildman–Crippen MR) is 71.3 cm³/mol. The van der Waals surface area contributed by atoms with Crippen molar-refractivity contribution in [3.8, 4) is 5.88 Å². The van der Waals surface area contributed by atoms with Gasteiger partial charge in [-0.2, -0.15) is 0 Å². The Morgan fingerprint density at radius 1 is 1.35 bits per heavy atom. The lowest BCUT2D eigenvalue weighted by Crippen LogP contribution is -2.05. The van der Waals surface area contributed by atoms with E-state index in [0.717, 1.165) is 6.07 Å². The Morgan fingerprint density at radius 3 is 2.80 bits per heavy atom. The summed E-state index contributed by atoms with van der Waals surface area (Å²) in [5.74, 6) is -0.836. The molecule has 2 rings (SSSR count). The summed E-state index contributed by atoms with van der Waals surface area (Å²) < 4.78 is 23.6. The van der Waals surface area contributed by atoms with Crippen LogP contribution in [-0.4, -0.2) is 18.1 Å². The molecule has 1 aromatic carbocycles. The molecule has 0 spiro atoms. The number of carbonyl (C=O) groups excluding carboxylic acids is 1. The van der Waals surface area contributed by atoms with E-state index >= 15 is 0 Å². The number of ether oxygens (including phenoxy) is 2. The number of esters is 1. The van der Waals surface area contributed by atoms with E-state index < -0.39 is 11.8 Å². The van der Waals surface area contributed by atoms with Crippen LogP contribution in [0, 0.1) is 5.82 Å². The summed E-state index contributed by atoms with van der Waals surface area (Å²) in [7, 11) is 1.24. The van der Waals surface area contributed by atoms with Crippen molar-refractivity contribution in [1.29, 1.82) is 0 Å². The summed E-state index contributed by atoms with van der Waals surface area (Å²) in [6.07, 6.45) is 0. The normalized spacial score (nSPS) is 10.2. The van der Waals surface area contributed by atoms with E-state index in [-0.39, 0.29) is 12.2 Å². The summed E-state index contributed by atoms with van der Waals surface area (Å²) in [4.78, 5) is 15.2. The smallest absolute Gasteiger partial charge is 0.337 e. The van der Waals surface area contributed by atoms with Gasteiger partial charge >= 0.3 is 5.97 Å². The molecule has 2 aromatic rings. The summed E-state index contributed by atoms with van der Waals surface area (Å²) in [6, 6.07) is 8.95. The topological polar surface area (TPSA) is 48.4 Å². The first-order valence-electron chi connectivity index (χ1n) is 5.72. The highest BCUT2D eigenvalue weighted by Crippen LogP contribution is 2.16. The summed E-state index contributed by atoms with van der Waals surface area (Å²) in [6.45, 7) is -0.0133. The van der Waals surface area contributed by atoms with Gasteiger partial charge < -0.3 is 9.47 Å². The van der Waals surface area contributed by atoms with Gasteiger partial charge in [-0.3, -0.25) is 0 Å². The zero-order valence-corrected chi connectivity index (χ0v) is 11.4. The highest BCUT2D eigenvalue weighted by molar-refractivity contribution is 6.29. The maximum atomic E-state index is 13.8. The van der Waals surface area contributed by atoms with Crippen LogP contribution >= 0.6 is 11.6 Å². The average molecular weight is 296 g/mol. The molecule has 0 saturated heterocycles. The summed E-state index contributed by atoms with van der Waals surface area (Å²) in [5.41, 5.74) is 0.453. The fourth-order valence-electron chi connectivity index (χ4n) is 1.53. The van der Waals surface area contributed by atoms with Crippen LogP contribution < -0.4 is 4.74 Å². The van der Waals surface area contributed by atoms with Gasteiger partial charge in [0.15, 0.2) is 0 Å². The maximum absolute atomic E-state index is 13.8. The highest BCUT2D eigenvalue weighted by Gasteiger charge is 2.10. The maximum Gasteiger partial charge on any atom is 0.337 e. The Morgan fingerprint density at radius 2 is 2.15 bits per heavy atom. The van der Waals surface area contributed by atoms with Gasteiger partial charge in [-0.15, -0.1) is 0 Å². The number of methoxy groups -OCH3 is 1. The second-order valence-electron chi connectivity index (χ2n) is 3.88. The van der Waals surface area contributed by atoms with Gasteiger partial charge in [0.25, 0.3) is 0 Å². The third kappa shape index (κ3) is 3.45. The van der Waals surface area contributed by atoms with Crippen molar-refractivity contribution >= 4 is 17.6 Å². The molecular formula is C14H11ClFNO3. The number of hydrogen-bond donors (Lipinski definition) is 0. The molecule has 0 aliphatic rings. The molecular weight excluding hydrogens is 285 g/mol. The van der Waals surface area contributed by atoms with Crippen molar-refractivity contribution in [3.63, 3.8) is 0 Å².